The molecule has 2 rings (SSSR count). The fourth-order valence-electron chi connectivity index (χ4n) is 3.17. The van der Waals surface area contributed by atoms with Crippen LogP contribution in [0, 0.1) is 5.92 Å². The summed E-state index contributed by atoms with van der Waals surface area (Å²) in [5, 5.41) is 0. The van der Waals surface area contributed by atoms with Crippen molar-refractivity contribution in [1.29, 1.82) is 0 Å². The third kappa shape index (κ3) is 3.25. The van der Waals surface area contributed by atoms with Gasteiger partial charge >= 0.3 is 0 Å². The highest BCUT2D eigenvalue weighted by Gasteiger charge is 2.43. The molecule has 1 saturated heterocycles. The molecule has 0 aromatic carbocycles. The lowest BCUT2D eigenvalue weighted by Crippen LogP contribution is -2.51. The minimum atomic E-state index is 0.261. The van der Waals surface area contributed by atoms with Crippen LogP contribution in [-0.4, -0.2) is 42.8 Å². The molecule has 0 aromatic rings. The third-order valence-electron chi connectivity index (χ3n) is 5.03. The molecule has 2 fully saturated rings. The molecule has 1 heterocycles. The lowest BCUT2D eigenvalue weighted by Gasteiger charge is -2.49. The SMILES string of the molecule is CC(C)C(N)CCN(C)C1CCOC2(CCC2)C1. The van der Waals surface area contributed by atoms with Crippen LogP contribution in [-0.2, 0) is 4.74 Å². The lowest BCUT2D eigenvalue weighted by atomic mass is 9.73. The number of hydrogen-bond donors (Lipinski definition) is 1. The van der Waals surface area contributed by atoms with Crippen LogP contribution in [0.25, 0.3) is 0 Å². The second-order valence-corrected chi connectivity index (χ2v) is 6.71. The van der Waals surface area contributed by atoms with Crippen LogP contribution in [0.5, 0.6) is 0 Å². The Morgan fingerprint density at radius 2 is 2.11 bits per heavy atom. The predicted molar refractivity (Wildman–Crippen MR) is 75.6 cm³/mol. The summed E-state index contributed by atoms with van der Waals surface area (Å²) in [7, 11) is 2.26. The van der Waals surface area contributed by atoms with E-state index in [1.165, 1.54) is 32.1 Å². The van der Waals surface area contributed by atoms with Gasteiger partial charge in [-0.25, -0.2) is 0 Å². The maximum atomic E-state index is 6.13. The van der Waals surface area contributed by atoms with E-state index in [2.05, 4.69) is 25.8 Å². The van der Waals surface area contributed by atoms with E-state index in [9.17, 15) is 0 Å². The van der Waals surface area contributed by atoms with Gasteiger partial charge in [-0.3, -0.25) is 0 Å². The number of nitrogens with zero attached hydrogens (tertiary/aromatic N) is 1. The summed E-state index contributed by atoms with van der Waals surface area (Å²) in [5.41, 5.74) is 6.39. The maximum absolute atomic E-state index is 6.13. The van der Waals surface area contributed by atoms with Gasteiger partial charge < -0.3 is 15.4 Å². The summed E-state index contributed by atoms with van der Waals surface area (Å²) in [6.45, 7) is 6.50. The highest BCUT2D eigenvalue weighted by Crippen LogP contribution is 2.43. The molecular formula is C15H30N2O. The van der Waals surface area contributed by atoms with E-state index < -0.39 is 0 Å². The van der Waals surface area contributed by atoms with Crippen LogP contribution < -0.4 is 5.73 Å². The van der Waals surface area contributed by atoms with Crippen molar-refractivity contribution in [2.45, 2.75) is 70.1 Å². The number of ether oxygens (including phenoxy) is 1. The highest BCUT2D eigenvalue weighted by molar-refractivity contribution is 4.96. The normalized spacial score (nSPS) is 28.7. The Kier molecular flexibility index (Phi) is 4.68. The van der Waals surface area contributed by atoms with Crippen molar-refractivity contribution in [2.24, 2.45) is 11.7 Å². The summed E-state index contributed by atoms with van der Waals surface area (Å²) in [5.74, 6) is 0.589. The molecule has 0 aromatic heterocycles. The fraction of sp³-hybridized carbons (Fsp3) is 1.00. The smallest absolute Gasteiger partial charge is 0.0697 e. The van der Waals surface area contributed by atoms with Crippen LogP contribution in [0.3, 0.4) is 0 Å². The van der Waals surface area contributed by atoms with E-state index >= 15 is 0 Å². The number of hydrogen-bond acceptors (Lipinski definition) is 3. The van der Waals surface area contributed by atoms with Gasteiger partial charge in [-0.05, 0) is 58.0 Å². The molecule has 1 aliphatic carbocycles. The van der Waals surface area contributed by atoms with E-state index in [1.54, 1.807) is 0 Å². The molecule has 2 unspecified atom stereocenters. The van der Waals surface area contributed by atoms with Crippen LogP contribution >= 0.6 is 0 Å². The van der Waals surface area contributed by atoms with Gasteiger partial charge in [0, 0.05) is 18.7 Å². The molecule has 0 bridgehead atoms. The average molecular weight is 254 g/mol. The van der Waals surface area contributed by atoms with Crippen LogP contribution in [0.4, 0.5) is 0 Å². The lowest BCUT2D eigenvalue weighted by molar-refractivity contribution is -0.146. The van der Waals surface area contributed by atoms with E-state index in [-0.39, 0.29) is 5.60 Å². The van der Waals surface area contributed by atoms with Crippen LogP contribution in [0.15, 0.2) is 0 Å². The zero-order chi connectivity index (χ0) is 13.2. The second kappa shape index (κ2) is 5.89. The Morgan fingerprint density at radius 3 is 2.67 bits per heavy atom. The van der Waals surface area contributed by atoms with Gasteiger partial charge in [-0.15, -0.1) is 0 Å². The van der Waals surface area contributed by atoms with Gasteiger partial charge in [0.2, 0.25) is 0 Å². The molecule has 3 nitrogen and oxygen atoms in total. The van der Waals surface area contributed by atoms with Crippen molar-refractivity contribution < 1.29 is 4.74 Å². The Labute approximate surface area is 112 Å². The molecule has 1 saturated carbocycles. The minimum absolute atomic E-state index is 0.261. The predicted octanol–water partition coefficient (Wildman–Crippen LogP) is 2.39. The molecule has 1 spiro atoms. The van der Waals surface area contributed by atoms with Crippen molar-refractivity contribution in [3.8, 4) is 0 Å². The summed E-state index contributed by atoms with van der Waals surface area (Å²) >= 11 is 0. The van der Waals surface area contributed by atoms with Gasteiger partial charge in [0.15, 0.2) is 0 Å². The molecule has 18 heavy (non-hydrogen) atoms. The van der Waals surface area contributed by atoms with Crippen molar-refractivity contribution >= 4 is 0 Å². The molecule has 0 radical (unpaired) electrons. The van der Waals surface area contributed by atoms with Gasteiger partial charge in [0.25, 0.3) is 0 Å². The van der Waals surface area contributed by atoms with Crippen molar-refractivity contribution in [2.75, 3.05) is 20.2 Å². The Balaban J connectivity index is 1.76. The van der Waals surface area contributed by atoms with Gasteiger partial charge in [-0.1, -0.05) is 13.8 Å². The number of nitrogens with two attached hydrogens (primary N) is 1. The van der Waals surface area contributed by atoms with E-state index in [0.29, 0.717) is 18.0 Å². The molecule has 2 N–H and O–H groups in total. The van der Waals surface area contributed by atoms with Gasteiger partial charge in [0.1, 0.15) is 0 Å². The average Bonchev–Trinajstić information content (AvgIpc) is 2.33. The van der Waals surface area contributed by atoms with E-state index in [0.717, 1.165) is 19.6 Å². The monoisotopic (exact) mass is 254 g/mol. The maximum Gasteiger partial charge on any atom is 0.0697 e. The van der Waals surface area contributed by atoms with E-state index in [4.69, 9.17) is 10.5 Å². The second-order valence-electron chi connectivity index (χ2n) is 6.71. The van der Waals surface area contributed by atoms with E-state index in [1.807, 2.05) is 0 Å². The van der Waals surface area contributed by atoms with Crippen molar-refractivity contribution in [1.82, 2.24) is 4.90 Å². The molecule has 3 heteroatoms. The van der Waals surface area contributed by atoms with Crippen molar-refractivity contribution in [3.05, 3.63) is 0 Å². The summed E-state index contributed by atoms with van der Waals surface area (Å²) in [4.78, 5) is 2.52. The Bertz CT molecular complexity index is 263. The quantitative estimate of drug-likeness (QED) is 0.819. The first kappa shape index (κ1) is 14.3. The van der Waals surface area contributed by atoms with Crippen LogP contribution in [0.1, 0.15) is 52.4 Å². The molecule has 0 amide bonds. The fourth-order valence-corrected chi connectivity index (χ4v) is 3.17. The van der Waals surface area contributed by atoms with Crippen molar-refractivity contribution in [3.63, 3.8) is 0 Å². The standard InChI is InChI=1S/C15H30N2O/c1-12(2)14(16)5-9-17(3)13-6-10-18-15(11-13)7-4-8-15/h12-14H,4-11,16H2,1-3H3. The minimum Gasteiger partial charge on any atom is -0.375 e. The molecule has 1 aliphatic heterocycles. The largest absolute Gasteiger partial charge is 0.375 e. The zero-order valence-corrected chi connectivity index (χ0v) is 12.3. The van der Waals surface area contributed by atoms with Crippen LogP contribution in [0.2, 0.25) is 0 Å². The summed E-state index contributed by atoms with van der Waals surface area (Å²) in [6, 6.07) is 1.04. The Morgan fingerprint density at radius 1 is 1.39 bits per heavy atom. The molecule has 106 valence electrons. The third-order valence-corrected chi connectivity index (χ3v) is 5.03. The molecular weight excluding hydrogens is 224 g/mol. The first-order chi connectivity index (χ1) is 8.52. The summed E-state index contributed by atoms with van der Waals surface area (Å²) in [6.07, 6.45) is 7.45. The first-order valence-electron chi connectivity index (χ1n) is 7.62. The number of rotatable bonds is 5. The van der Waals surface area contributed by atoms with Gasteiger partial charge in [-0.2, -0.15) is 0 Å². The summed E-state index contributed by atoms with van der Waals surface area (Å²) < 4.78 is 5.99. The molecule has 2 aliphatic rings. The van der Waals surface area contributed by atoms with Gasteiger partial charge in [0.05, 0.1) is 5.60 Å². The zero-order valence-electron chi connectivity index (χ0n) is 12.3. The topological polar surface area (TPSA) is 38.5 Å². The Hall–Kier alpha value is -0.120. The molecule has 2 atom stereocenters. The highest BCUT2D eigenvalue weighted by atomic mass is 16.5. The first-order valence-corrected chi connectivity index (χ1v) is 7.62.